The summed E-state index contributed by atoms with van der Waals surface area (Å²) >= 11 is 7.70. The van der Waals surface area contributed by atoms with Gasteiger partial charge in [0.15, 0.2) is 0 Å². The van der Waals surface area contributed by atoms with Gasteiger partial charge in [0.25, 0.3) is 5.56 Å². The first kappa shape index (κ1) is 29.1. The molecule has 1 saturated heterocycles. The Morgan fingerprint density at radius 1 is 1.24 bits per heavy atom. The monoisotopic (exact) mass is 586 g/mol. The van der Waals surface area contributed by atoms with Gasteiger partial charge in [0.1, 0.15) is 17.7 Å². The molecule has 0 amide bonds. The van der Waals surface area contributed by atoms with Crippen molar-refractivity contribution in [3.8, 4) is 16.9 Å². The second kappa shape index (κ2) is 12.0. The number of rotatable bonds is 5. The van der Waals surface area contributed by atoms with Gasteiger partial charge in [-0.25, -0.2) is 9.18 Å². The Balaban J connectivity index is 0.00000190. The van der Waals surface area contributed by atoms with Crippen LogP contribution >= 0.6 is 47.8 Å². The van der Waals surface area contributed by atoms with Gasteiger partial charge in [-0.1, -0.05) is 11.6 Å². The van der Waals surface area contributed by atoms with Crippen LogP contribution < -0.4 is 21.3 Å². The van der Waals surface area contributed by atoms with E-state index in [0.717, 1.165) is 34.5 Å². The molecule has 4 heterocycles. The van der Waals surface area contributed by atoms with E-state index in [1.54, 1.807) is 26.2 Å². The van der Waals surface area contributed by atoms with E-state index in [9.17, 15) is 14.0 Å². The number of thiophene rings is 1. The number of nitrogens with one attached hydrogen (secondary N) is 1. The summed E-state index contributed by atoms with van der Waals surface area (Å²) in [7, 11) is 1.60. The molecule has 0 radical (unpaired) electrons. The Hall–Kier alpha value is -2.43. The summed E-state index contributed by atoms with van der Waals surface area (Å²) in [6.45, 7) is 3.44. The summed E-state index contributed by atoms with van der Waals surface area (Å²) in [5, 5.41) is 3.34. The van der Waals surface area contributed by atoms with Crippen molar-refractivity contribution < 1.29 is 9.13 Å². The molecule has 1 N–H and O–H groups in total. The first-order valence-corrected chi connectivity index (χ1v) is 12.5. The van der Waals surface area contributed by atoms with Crippen LogP contribution in [0.1, 0.15) is 23.3 Å². The molecule has 5 rings (SSSR count). The Morgan fingerprint density at radius 3 is 2.76 bits per heavy atom. The molecule has 4 aromatic rings. The fraction of sp³-hybridized carbons (Fsp3) is 0.320. The molecule has 0 bridgehead atoms. The molecule has 198 valence electrons. The Labute approximate surface area is 234 Å². The van der Waals surface area contributed by atoms with Crippen molar-refractivity contribution in [2.24, 2.45) is 7.05 Å². The normalized spacial score (nSPS) is 15.2. The largest absolute Gasteiger partial charge is 0.488 e. The molecule has 0 aliphatic carbocycles. The van der Waals surface area contributed by atoms with Crippen LogP contribution in [0.3, 0.4) is 0 Å². The summed E-state index contributed by atoms with van der Waals surface area (Å²) in [5.41, 5.74) is 1.82. The quantitative estimate of drug-likeness (QED) is 0.358. The molecule has 1 aliphatic heterocycles. The number of fused-ring (bicyclic) bond motifs is 1. The number of hydrogen-bond acceptors (Lipinski definition) is 6. The van der Waals surface area contributed by atoms with Gasteiger partial charge in [0, 0.05) is 53.6 Å². The summed E-state index contributed by atoms with van der Waals surface area (Å²) in [6, 6.07) is 6.68. The number of nitrogens with zero attached hydrogens (tertiary/aromatic N) is 3. The maximum atomic E-state index is 14.8. The van der Waals surface area contributed by atoms with Crippen LogP contribution in [0.25, 0.3) is 21.3 Å². The third-order valence-electron chi connectivity index (χ3n) is 6.24. The van der Waals surface area contributed by atoms with Crippen molar-refractivity contribution in [3.05, 3.63) is 78.8 Å². The molecule has 7 nitrogen and oxygen atoms in total. The molecular formula is C25H26Cl3FN4O3S. The Kier molecular flexibility index (Phi) is 9.42. The van der Waals surface area contributed by atoms with Crippen LogP contribution in [0, 0.1) is 12.7 Å². The van der Waals surface area contributed by atoms with Gasteiger partial charge >= 0.3 is 5.69 Å². The molecule has 12 heteroatoms. The van der Waals surface area contributed by atoms with E-state index in [1.807, 2.05) is 12.1 Å². The lowest BCUT2D eigenvalue weighted by atomic mass is 10.0. The molecular weight excluding hydrogens is 562 g/mol. The number of aryl methyl sites for hydroxylation is 1. The molecule has 37 heavy (non-hydrogen) atoms. The number of ether oxygens (including phenoxy) is 1. The van der Waals surface area contributed by atoms with Crippen LogP contribution in [0.15, 0.2) is 46.2 Å². The van der Waals surface area contributed by atoms with Gasteiger partial charge in [-0.2, -0.15) is 0 Å². The number of benzene rings is 1. The van der Waals surface area contributed by atoms with Gasteiger partial charge in [0.05, 0.1) is 21.8 Å². The predicted octanol–water partition coefficient (Wildman–Crippen LogP) is 4.95. The van der Waals surface area contributed by atoms with Crippen molar-refractivity contribution in [1.29, 1.82) is 0 Å². The average molecular weight is 588 g/mol. The zero-order valence-electron chi connectivity index (χ0n) is 20.1. The zero-order chi connectivity index (χ0) is 24.7. The third kappa shape index (κ3) is 5.71. The standard InChI is InChI=1S/C25H24ClFN4O3S.2ClH/c1-14-22(27)19(26)11-18(23(14)34-15-4-3-7-28-12-15)17-5-8-29-20-10-16(35-24(17)20)13-31-21(32)6-9-30(2)25(31)33;;/h5-6,8-11,15,28H,3-4,7,12-13H2,1-2H3;2*1H/t15-;;/m0../s1. The Morgan fingerprint density at radius 2 is 2.03 bits per heavy atom. The van der Waals surface area contributed by atoms with Gasteiger partial charge in [0.2, 0.25) is 0 Å². The summed E-state index contributed by atoms with van der Waals surface area (Å²) < 4.78 is 24.5. The fourth-order valence-electron chi connectivity index (χ4n) is 4.37. The Bertz CT molecular complexity index is 1550. The average Bonchev–Trinajstić information content (AvgIpc) is 3.28. The van der Waals surface area contributed by atoms with Crippen molar-refractivity contribution in [2.75, 3.05) is 13.1 Å². The predicted molar refractivity (Wildman–Crippen MR) is 151 cm³/mol. The lowest BCUT2D eigenvalue weighted by molar-refractivity contribution is 0.166. The van der Waals surface area contributed by atoms with Crippen LogP contribution in [-0.2, 0) is 13.6 Å². The second-order valence-electron chi connectivity index (χ2n) is 8.68. The number of halogens is 4. The summed E-state index contributed by atoms with van der Waals surface area (Å²) in [6.07, 6.45) is 4.93. The van der Waals surface area contributed by atoms with E-state index in [-0.39, 0.29) is 53.7 Å². The maximum Gasteiger partial charge on any atom is 0.331 e. The minimum atomic E-state index is -0.495. The van der Waals surface area contributed by atoms with Crippen molar-refractivity contribution in [3.63, 3.8) is 0 Å². The molecule has 1 aliphatic rings. The molecule has 1 aromatic carbocycles. The van der Waals surface area contributed by atoms with E-state index in [0.29, 0.717) is 28.9 Å². The van der Waals surface area contributed by atoms with E-state index in [4.69, 9.17) is 16.3 Å². The lowest BCUT2D eigenvalue weighted by Crippen LogP contribution is -2.37. The minimum absolute atomic E-state index is 0. The maximum absolute atomic E-state index is 14.8. The van der Waals surface area contributed by atoms with Gasteiger partial charge in [-0.15, -0.1) is 36.2 Å². The van der Waals surface area contributed by atoms with E-state index >= 15 is 0 Å². The van der Waals surface area contributed by atoms with Crippen molar-refractivity contribution in [1.82, 2.24) is 19.4 Å². The van der Waals surface area contributed by atoms with Crippen LogP contribution in [0.2, 0.25) is 5.02 Å². The summed E-state index contributed by atoms with van der Waals surface area (Å²) in [5.74, 6) is -0.0261. The highest BCUT2D eigenvalue weighted by Gasteiger charge is 2.23. The number of piperidine rings is 1. The van der Waals surface area contributed by atoms with Gasteiger partial charge in [-0.05, 0) is 44.5 Å². The highest BCUT2D eigenvalue weighted by Crippen LogP contribution is 2.43. The highest BCUT2D eigenvalue weighted by atomic mass is 35.5. The number of pyridine rings is 1. The van der Waals surface area contributed by atoms with E-state index in [1.165, 1.54) is 32.7 Å². The third-order valence-corrected chi connectivity index (χ3v) is 7.66. The van der Waals surface area contributed by atoms with E-state index < -0.39 is 5.82 Å². The van der Waals surface area contributed by atoms with Crippen LogP contribution in [-0.4, -0.2) is 33.3 Å². The molecule has 1 fully saturated rings. The number of hydrogen-bond donors (Lipinski definition) is 1. The summed E-state index contributed by atoms with van der Waals surface area (Å²) in [4.78, 5) is 30.1. The topological polar surface area (TPSA) is 78.2 Å². The van der Waals surface area contributed by atoms with Crippen LogP contribution in [0.4, 0.5) is 4.39 Å². The minimum Gasteiger partial charge on any atom is -0.488 e. The van der Waals surface area contributed by atoms with E-state index in [2.05, 4.69) is 10.3 Å². The molecule has 0 spiro atoms. The smallest absolute Gasteiger partial charge is 0.331 e. The van der Waals surface area contributed by atoms with Crippen LogP contribution in [0.5, 0.6) is 5.75 Å². The van der Waals surface area contributed by atoms with Gasteiger partial charge in [-0.3, -0.25) is 14.3 Å². The molecule has 1 atom stereocenters. The molecule has 0 saturated carbocycles. The SMILES string of the molecule is Cc1c(F)c(Cl)cc(-c2ccnc3cc(Cn4c(=O)ccn(C)c4=O)sc23)c1O[C@H]1CCCNC1.Cl.Cl. The molecule has 0 unspecified atom stereocenters. The number of aromatic nitrogens is 3. The first-order valence-electron chi connectivity index (χ1n) is 11.3. The second-order valence-corrected chi connectivity index (χ2v) is 10.2. The zero-order valence-corrected chi connectivity index (χ0v) is 23.3. The van der Waals surface area contributed by atoms with Crippen molar-refractivity contribution in [2.45, 2.75) is 32.4 Å². The first-order chi connectivity index (χ1) is 16.8. The fourth-order valence-corrected chi connectivity index (χ4v) is 5.75. The molecule has 3 aromatic heterocycles. The lowest BCUT2D eigenvalue weighted by Gasteiger charge is -2.26. The highest BCUT2D eigenvalue weighted by molar-refractivity contribution is 7.19. The van der Waals surface area contributed by atoms with Gasteiger partial charge < -0.3 is 14.6 Å². The van der Waals surface area contributed by atoms with Crippen molar-refractivity contribution >= 4 is 58.0 Å².